The summed E-state index contributed by atoms with van der Waals surface area (Å²) < 4.78 is 65.3. The standard InChI is InChI=1S/C21H16F3N3O5S/c22-21(23,24)15-9-11-16(12-10-15)25-20(28)14-26(17-5-4-6-18(13-17)27(29)30)33(31,32)19-7-2-1-3-8-19/h1-13H,14H2,(H,25,28). The second-order valence-electron chi connectivity index (χ2n) is 6.72. The molecule has 0 saturated heterocycles. The number of benzene rings is 3. The van der Waals surface area contributed by atoms with E-state index in [0.717, 1.165) is 30.3 Å². The zero-order valence-corrected chi connectivity index (χ0v) is 17.5. The smallest absolute Gasteiger partial charge is 0.325 e. The number of amides is 1. The molecule has 33 heavy (non-hydrogen) atoms. The van der Waals surface area contributed by atoms with Gasteiger partial charge in [0.25, 0.3) is 15.7 Å². The Kier molecular flexibility index (Phi) is 6.68. The number of nitro benzene ring substituents is 1. The van der Waals surface area contributed by atoms with E-state index >= 15 is 0 Å². The molecular formula is C21H16F3N3O5S. The molecule has 0 aliphatic heterocycles. The molecule has 12 heteroatoms. The number of sulfonamides is 1. The molecule has 0 radical (unpaired) electrons. The monoisotopic (exact) mass is 479 g/mol. The number of carbonyl (C=O) groups is 1. The number of non-ortho nitro benzene ring substituents is 1. The molecule has 1 amide bonds. The van der Waals surface area contributed by atoms with Gasteiger partial charge in [-0.2, -0.15) is 13.2 Å². The highest BCUT2D eigenvalue weighted by molar-refractivity contribution is 7.92. The van der Waals surface area contributed by atoms with E-state index in [9.17, 15) is 36.5 Å². The van der Waals surface area contributed by atoms with E-state index < -0.39 is 39.1 Å². The normalized spacial score (nSPS) is 11.6. The molecule has 0 saturated carbocycles. The highest BCUT2D eigenvalue weighted by atomic mass is 32.2. The second kappa shape index (κ2) is 9.28. The highest BCUT2D eigenvalue weighted by Gasteiger charge is 2.30. The first-order valence-corrected chi connectivity index (χ1v) is 10.7. The Morgan fingerprint density at radius 3 is 2.18 bits per heavy atom. The zero-order chi connectivity index (χ0) is 24.2. The van der Waals surface area contributed by atoms with E-state index in [-0.39, 0.29) is 22.0 Å². The van der Waals surface area contributed by atoms with Gasteiger partial charge in [0.15, 0.2) is 0 Å². The lowest BCUT2D eigenvalue weighted by Crippen LogP contribution is -2.38. The van der Waals surface area contributed by atoms with Crippen LogP contribution in [0, 0.1) is 10.1 Å². The summed E-state index contributed by atoms with van der Waals surface area (Å²) in [6, 6.07) is 15.5. The van der Waals surface area contributed by atoms with Crippen LogP contribution in [0.3, 0.4) is 0 Å². The van der Waals surface area contributed by atoms with Crippen molar-refractivity contribution in [1.82, 2.24) is 0 Å². The predicted molar refractivity (Wildman–Crippen MR) is 114 cm³/mol. The Hall–Kier alpha value is -3.93. The Labute approximate surface area is 186 Å². The first-order valence-electron chi connectivity index (χ1n) is 9.28. The van der Waals surface area contributed by atoms with E-state index in [1.807, 2.05) is 0 Å². The molecule has 0 unspecified atom stereocenters. The molecule has 3 aromatic rings. The number of hydrogen-bond donors (Lipinski definition) is 1. The maximum atomic E-state index is 13.2. The number of nitro groups is 1. The van der Waals surface area contributed by atoms with Crippen LogP contribution >= 0.6 is 0 Å². The van der Waals surface area contributed by atoms with Gasteiger partial charge in [0.1, 0.15) is 6.54 Å². The zero-order valence-electron chi connectivity index (χ0n) is 16.7. The lowest BCUT2D eigenvalue weighted by Gasteiger charge is -2.24. The first kappa shape index (κ1) is 23.7. The molecular weight excluding hydrogens is 463 g/mol. The van der Waals surface area contributed by atoms with Crippen molar-refractivity contribution < 1.29 is 31.3 Å². The average Bonchev–Trinajstić information content (AvgIpc) is 2.78. The van der Waals surface area contributed by atoms with Crippen LogP contribution in [0.2, 0.25) is 0 Å². The van der Waals surface area contributed by atoms with Gasteiger partial charge < -0.3 is 5.32 Å². The van der Waals surface area contributed by atoms with Gasteiger partial charge in [-0.15, -0.1) is 0 Å². The van der Waals surface area contributed by atoms with Gasteiger partial charge in [0.05, 0.1) is 21.1 Å². The van der Waals surface area contributed by atoms with Crippen molar-refractivity contribution in [3.05, 3.63) is 94.5 Å². The molecule has 0 aliphatic rings. The van der Waals surface area contributed by atoms with Gasteiger partial charge in [0.2, 0.25) is 5.91 Å². The lowest BCUT2D eigenvalue weighted by molar-refractivity contribution is -0.384. The van der Waals surface area contributed by atoms with Crippen LogP contribution in [-0.2, 0) is 21.0 Å². The van der Waals surface area contributed by atoms with E-state index in [2.05, 4.69) is 5.32 Å². The average molecular weight is 479 g/mol. The number of nitrogens with one attached hydrogen (secondary N) is 1. The number of hydrogen-bond acceptors (Lipinski definition) is 5. The number of alkyl halides is 3. The van der Waals surface area contributed by atoms with Gasteiger partial charge in [-0.3, -0.25) is 19.2 Å². The third kappa shape index (κ3) is 5.66. The van der Waals surface area contributed by atoms with Gasteiger partial charge in [-0.25, -0.2) is 8.42 Å². The summed E-state index contributed by atoms with van der Waals surface area (Å²) in [5, 5.41) is 13.5. The van der Waals surface area contributed by atoms with Crippen LogP contribution in [0.5, 0.6) is 0 Å². The maximum Gasteiger partial charge on any atom is 0.416 e. The highest BCUT2D eigenvalue weighted by Crippen LogP contribution is 2.30. The number of carbonyl (C=O) groups excluding carboxylic acids is 1. The Morgan fingerprint density at radius 1 is 0.970 bits per heavy atom. The number of anilines is 2. The summed E-state index contributed by atoms with van der Waals surface area (Å²) in [5.41, 5.74) is -1.41. The van der Waals surface area contributed by atoms with Gasteiger partial charge in [-0.05, 0) is 42.5 Å². The van der Waals surface area contributed by atoms with E-state index in [1.54, 1.807) is 6.07 Å². The fourth-order valence-corrected chi connectivity index (χ4v) is 4.30. The summed E-state index contributed by atoms with van der Waals surface area (Å²) in [7, 11) is -4.31. The third-order valence-electron chi connectivity index (χ3n) is 4.44. The Balaban J connectivity index is 1.92. The van der Waals surface area contributed by atoms with Crippen molar-refractivity contribution in [2.24, 2.45) is 0 Å². The number of nitrogens with zero attached hydrogens (tertiary/aromatic N) is 2. The Bertz CT molecular complexity index is 1260. The van der Waals surface area contributed by atoms with Crippen molar-refractivity contribution >= 4 is 33.0 Å². The third-order valence-corrected chi connectivity index (χ3v) is 6.23. The van der Waals surface area contributed by atoms with E-state index in [0.29, 0.717) is 4.31 Å². The second-order valence-corrected chi connectivity index (χ2v) is 8.59. The molecule has 0 bridgehead atoms. The minimum Gasteiger partial charge on any atom is -0.325 e. The summed E-state index contributed by atoms with van der Waals surface area (Å²) in [4.78, 5) is 22.9. The summed E-state index contributed by atoms with van der Waals surface area (Å²) in [5.74, 6) is -0.860. The molecule has 3 rings (SSSR count). The number of halogens is 3. The minimum atomic E-state index is -4.55. The largest absolute Gasteiger partial charge is 0.416 e. The van der Waals surface area contributed by atoms with Crippen molar-refractivity contribution in [2.45, 2.75) is 11.1 Å². The van der Waals surface area contributed by atoms with Crippen LogP contribution in [0.25, 0.3) is 0 Å². The molecule has 0 aromatic heterocycles. The van der Waals surface area contributed by atoms with Crippen molar-refractivity contribution in [2.75, 3.05) is 16.2 Å². The van der Waals surface area contributed by atoms with Crippen molar-refractivity contribution in [3.63, 3.8) is 0 Å². The Morgan fingerprint density at radius 2 is 1.61 bits per heavy atom. The van der Waals surface area contributed by atoms with Gasteiger partial charge >= 0.3 is 6.18 Å². The predicted octanol–water partition coefficient (Wildman–Crippen LogP) is 4.45. The number of rotatable bonds is 7. The molecule has 0 fully saturated rings. The van der Waals surface area contributed by atoms with Crippen LogP contribution in [0.1, 0.15) is 5.56 Å². The fraction of sp³-hybridized carbons (Fsp3) is 0.0952. The quantitative estimate of drug-likeness (QED) is 0.398. The molecule has 0 spiro atoms. The fourth-order valence-electron chi connectivity index (χ4n) is 2.87. The molecule has 0 heterocycles. The van der Waals surface area contributed by atoms with E-state index in [4.69, 9.17) is 0 Å². The SMILES string of the molecule is O=C(CN(c1cccc([N+](=O)[O-])c1)S(=O)(=O)c1ccccc1)Nc1ccc(C(F)(F)F)cc1. The van der Waals surface area contributed by atoms with Crippen LogP contribution in [-0.4, -0.2) is 25.8 Å². The molecule has 172 valence electrons. The summed E-state index contributed by atoms with van der Waals surface area (Å²) in [6.45, 7) is -0.778. The summed E-state index contributed by atoms with van der Waals surface area (Å²) >= 11 is 0. The van der Waals surface area contributed by atoms with Crippen molar-refractivity contribution in [3.8, 4) is 0 Å². The summed E-state index contributed by atoms with van der Waals surface area (Å²) in [6.07, 6.45) is -4.55. The minimum absolute atomic E-state index is 0.0177. The van der Waals surface area contributed by atoms with Gasteiger partial charge in [-0.1, -0.05) is 24.3 Å². The molecule has 0 atom stereocenters. The maximum absolute atomic E-state index is 13.2. The van der Waals surface area contributed by atoms with Crippen molar-refractivity contribution in [1.29, 1.82) is 0 Å². The van der Waals surface area contributed by atoms with Crippen LogP contribution in [0.4, 0.5) is 30.2 Å². The molecule has 3 aromatic carbocycles. The molecule has 0 aliphatic carbocycles. The lowest BCUT2D eigenvalue weighted by atomic mass is 10.2. The van der Waals surface area contributed by atoms with Gasteiger partial charge in [0, 0.05) is 17.8 Å². The molecule has 1 N–H and O–H groups in total. The molecule has 8 nitrogen and oxygen atoms in total. The van der Waals surface area contributed by atoms with Crippen LogP contribution < -0.4 is 9.62 Å². The first-order chi connectivity index (χ1) is 15.5. The van der Waals surface area contributed by atoms with Crippen LogP contribution in [0.15, 0.2) is 83.8 Å². The topological polar surface area (TPSA) is 110 Å². The van der Waals surface area contributed by atoms with E-state index in [1.165, 1.54) is 42.5 Å².